The zero-order chi connectivity index (χ0) is 18.6. The van der Waals surface area contributed by atoms with Crippen molar-refractivity contribution in [2.45, 2.75) is 25.3 Å². The molecule has 2 rings (SSSR count). The lowest BCUT2D eigenvalue weighted by Crippen LogP contribution is -2.51. The van der Waals surface area contributed by atoms with Crippen molar-refractivity contribution < 1.29 is 22.3 Å². The number of piperidine rings is 1. The standard InChI is InChI=1S/C16H23N3O5S/c1-12(20)19(24-25(2,22)23)11-16(21)18-9-8-15(17)14(10-18)13-6-4-3-5-7-13/h3-7,14-15H,8-11,17H2,1-2H3/t14-,15-/m0/s1. The molecule has 25 heavy (non-hydrogen) atoms. The van der Waals surface area contributed by atoms with E-state index in [2.05, 4.69) is 4.28 Å². The first-order valence-electron chi connectivity index (χ1n) is 7.93. The van der Waals surface area contributed by atoms with Crippen LogP contribution in [0.4, 0.5) is 0 Å². The first-order chi connectivity index (χ1) is 11.7. The zero-order valence-corrected chi connectivity index (χ0v) is 15.1. The van der Waals surface area contributed by atoms with E-state index in [1.165, 1.54) is 0 Å². The molecular formula is C16H23N3O5S. The van der Waals surface area contributed by atoms with Crippen LogP contribution < -0.4 is 5.73 Å². The molecule has 138 valence electrons. The van der Waals surface area contributed by atoms with Crippen molar-refractivity contribution in [1.82, 2.24) is 9.96 Å². The lowest BCUT2D eigenvalue weighted by Gasteiger charge is -2.37. The molecule has 2 amide bonds. The van der Waals surface area contributed by atoms with Crippen LogP contribution in [0.5, 0.6) is 0 Å². The molecule has 0 aliphatic carbocycles. The molecule has 0 bridgehead atoms. The summed E-state index contributed by atoms with van der Waals surface area (Å²) in [7, 11) is -3.89. The lowest BCUT2D eigenvalue weighted by molar-refractivity contribution is -0.161. The Balaban J connectivity index is 2.07. The lowest BCUT2D eigenvalue weighted by atomic mass is 9.86. The summed E-state index contributed by atoms with van der Waals surface area (Å²) in [5, 5.41) is 0.559. The quantitative estimate of drug-likeness (QED) is 0.736. The first kappa shape index (κ1) is 19.4. The van der Waals surface area contributed by atoms with E-state index in [0.29, 0.717) is 24.6 Å². The SMILES string of the molecule is CC(=O)N(CC(=O)N1CC[C@H](N)[C@H](c2ccccc2)C1)OS(C)(=O)=O. The molecule has 2 N–H and O–H groups in total. The third-order valence-electron chi connectivity index (χ3n) is 4.10. The van der Waals surface area contributed by atoms with Crippen LogP contribution in [0.3, 0.4) is 0 Å². The summed E-state index contributed by atoms with van der Waals surface area (Å²) in [5.41, 5.74) is 7.24. The number of hydroxylamine groups is 2. The molecule has 9 heteroatoms. The summed E-state index contributed by atoms with van der Waals surface area (Å²) < 4.78 is 27.0. The highest BCUT2D eigenvalue weighted by Crippen LogP contribution is 2.26. The predicted octanol–water partition coefficient (Wildman–Crippen LogP) is 0.0695. The van der Waals surface area contributed by atoms with Crippen molar-refractivity contribution in [1.29, 1.82) is 0 Å². The maximum absolute atomic E-state index is 12.5. The highest BCUT2D eigenvalue weighted by Gasteiger charge is 2.31. The Hall–Kier alpha value is -1.97. The van der Waals surface area contributed by atoms with Crippen molar-refractivity contribution >= 4 is 21.9 Å². The van der Waals surface area contributed by atoms with Crippen LogP contribution in [0.25, 0.3) is 0 Å². The number of hydrogen-bond donors (Lipinski definition) is 1. The number of nitrogens with zero attached hydrogens (tertiary/aromatic N) is 2. The topological polar surface area (TPSA) is 110 Å². The average molecular weight is 369 g/mol. The van der Waals surface area contributed by atoms with E-state index in [1.54, 1.807) is 4.90 Å². The van der Waals surface area contributed by atoms with Crippen LogP contribution in [-0.4, -0.2) is 62.1 Å². The second-order valence-electron chi connectivity index (χ2n) is 6.14. The highest BCUT2D eigenvalue weighted by atomic mass is 32.2. The van der Waals surface area contributed by atoms with Gasteiger partial charge >= 0.3 is 0 Å². The summed E-state index contributed by atoms with van der Waals surface area (Å²) >= 11 is 0. The molecular weight excluding hydrogens is 346 g/mol. The fraction of sp³-hybridized carbons (Fsp3) is 0.500. The Morgan fingerprint density at radius 1 is 1.32 bits per heavy atom. The van der Waals surface area contributed by atoms with Gasteiger partial charge in [-0.05, 0) is 12.0 Å². The number of carbonyl (C=O) groups is 2. The van der Waals surface area contributed by atoms with Crippen LogP contribution in [-0.2, 0) is 24.0 Å². The molecule has 8 nitrogen and oxygen atoms in total. The Kier molecular flexibility index (Phi) is 6.15. The largest absolute Gasteiger partial charge is 0.340 e. The molecule has 1 aromatic rings. The number of rotatable bonds is 5. The third kappa shape index (κ3) is 5.52. The van der Waals surface area contributed by atoms with Crippen LogP contribution in [0.1, 0.15) is 24.8 Å². The van der Waals surface area contributed by atoms with E-state index < -0.39 is 22.6 Å². The van der Waals surface area contributed by atoms with Crippen molar-refractivity contribution in [3.8, 4) is 0 Å². The summed E-state index contributed by atoms with van der Waals surface area (Å²) in [6.07, 6.45) is 1.44. The second-order valence-corrected chi connectivity index (χ2v) is 7.70. The van der Waals surface area contributed by atoms with Crippen LogP contribution in [0.2, 0.25) is 0 Å². The minimum atomic E-state index is -3.89. The van der Waals surface area contributed by atoms with Crippen molar-refractivity contribution in [2.24, 2.45) is 5.73 Å². The predicted molar refractivity (Wildman–Crippen MR) is 91.7 cm³/mol. The van der Waals surface area contributed by atoms with Crippen molar-refractivity contribution in [3.63, 3.8) is 0 Å². The number of benzene rings is 1. The van der Waals surface area contributed by atoms with E-state index in [9.17, 15) is 18.0 Å². The Morgan fingerprint density at radius 2 is 1.96 bits per heavy atom. The van der Waals surface area contributed by atoms with Gasteiger partial charge in [0.05, 0.1) is 6.26 Å². The monoisotopic (exact) mass is 369 g/mol. The van der Waals surface area contributed by atoms with Gasteiger partial charge in [-0.2, -0.15) is 13.5 Å². The average Bonchev–Trinajstić information content (AvgIpc) is 2.54. The Labute approximate surface area is 147 Å². The first-order valence-corrected chi connectivity index (χ1v) is 9.75. The highest BCUT2D eigenvalue weighted by molar-refractivity contribution is 7.85. The zero-order valence-electron chi connectivity index (χ0n) is 14.3. The maximum Gasteiger partial charge on any atom is 0.285 e. The molecule has 2 atom stereocenters. The Bertz CT molecular complexity index is 723. The maximum atomic E-state index is 12.5. The van der Waals surface area contributed by atoms with Crippen LogP contribution in [0, 0.1) is 0 Å². The number of hydrogen-bond acceptors (Lipinski definition) is 6. The molecule has 0 saturated carbocycles. The molecule has 0 unspecified atom stereocenters. The molecule has 0 aromatic heterocycles. The fourth-order valence-corrected chi connectivity index (χ4v) is 3.31. The Morgan fingerprint density at radius 3 is 2.52 bits per heavy atom. The number of likely N-dealkylation sites (tertiary alicyclic amines) is 1. The molecule has 1 fully saturated rings. The normalized spacial score (nSPS) is 21.0. The molecule has 0 spiro atoms. The van der Waals surface area contributed by atoms with Crippen LogP contribution >= 0.6 is 0 Å². The molecule has 1 aliphatic heterocycles. The van der Waals surface area contributed by atoms with Gasteiger partial charge in [0.25, 0.3) is 10.1 Å². The molecule has 1 aromatic carbocycles. The summed E-state index contributed by atoms with van der Waals surface area (Å²) in [6, 6.07) is 9.61. The van der Waals surface area contributed by atoms with E-state index in [1.807, 2.05) is 30.3 Å². The van der Waals surface area contributed by atoms with Gasteiger partial charge in [-0.25, -0.2) is 0 Å². The van der Waals surface area contributed by atoms with Gasteiger partial charge in [-0.15, -0.1) is 4.28 Å². The molecule has 1 saturated heterocycles. The summed E-state index contributed by atoms with van der Waals surface area (Å²) in [6.45, 7) is 1.54. The van der Waals surface area contributed by atoms with E-state index in [-0.39, 0.29) is 17.9 Å². The summed E-state index contributed by atoms with van der Waals surface area (Å²) in [5.74, 6) is -1.06. The van der Waals surface area contributed by atoms with Gasteiger partial charge < -0.3 is 10.6 Å². The van der Waals surface area contributed by atoms with Gasteiger partial charge in [0.1, 0.15) is 6.54 Å². The second kappa shape index (κ2) is 7.94. The molecule has 0 radical (unpaired) electrons. The molecule has 1 heterocycles. The van der Waals surface area contributed by atoms with Crippen molar-refractivity contribution in [3.05, 3.63) is 35.9 Å². The summed E-state index contributed by atoms with van der Waals surface area (Å²) in [4.78, 5) is 25.6. The van der Waals surface area contributed by atoms with Gasteiger partial charge in [0, 0.05) is 32.0 Å². The van der Waals surface area contributed by atoms with Crippen molar-refractivity contribution in [2.75, 3.05) is 25.9 Å². The van der Waals surface area contributed by atoms with Crippen LogP contribution in [0.15, 0.2) is 30.3 Å². The minimum Gasteiger partial charge on any atom is -0.340 e. The van der Waals surface area contributed by atoms with Gasteiger partial charge in [0.15, 0.2) is 0 Å². The number of amides is 2. The molecule has 1 aliphatic rings. The van der Waals surface area contributed by atoms with Gasteiger partial charge in [-0.1, -0.05) is 30.3 Å². The van der Waals surface area contributed by atoms with E-state index >= 15 is 0 Å². The fourth-order valence-electron chi connectivity index (χ4n) is 2.83. The van der Waals surface area contributed by atoms with Gasteiger partial charge in [0.2, 0.25) is 11.8 Å². The van der Waals surface area contributed by atoms with E-state index in [4.69, 9.17) is 5.73 Å². The van der Waals surface area contributed by atoms with Gasteiger partial charge in [-0.3, -0.25) is 9.59 Å². The minimum absolute atomic E-state index is 0.0134. The third-order valence-corrected chi connectivity index (χ3v) is 4.55. The number of carbonyl (C=O) groups excluding carboxylic acids is 2. The number of nitrogens with two attached hydrogens (primary N) is 1. The van der Waals surface area contributed by atoms with E-state index in [0.717, 1.165) is 18.7 Å². The smallest absolute Gasteiger partial charge is 0.285 e.